The second-order valence-electron chi connectivity index (χ2n) is 8.82. The summed E-state index contributed by atoms with van der Waals surface area (Å²) in [6, 6.07) is 3.89. The molecule has 2 aromatic rings. The first-order valence-electron chi connectivity index (χ1n) is 12.0. The van der Waals surface area contributed by atoms with Crippen molar-refractivity contribution in [3.05, 3.63) is 24.2 Å². The molecule has 0 bridgehead atoms. The molecule has 31 heavy (non-hydrogen) atoms. The van der Waals surface area contributed by atoms with Gasteiger partial charge in [0.1, 0.15) is 24.6 Å². The van der Waals surface area contributed by atoms with Crippen LogP contribution in [0.4, 0.5) is 5.82 Å². The molecule has 3 heterocycles. The quantitative estimate of drug-likeness (QED) is 0.345. The van der Waals surface area contributed by atoms with E-state index in [1.807, 2.05) is 19.1 Å². The first kappa shape index (κ1) is 23.5. The first-order valence-corrected chi connectivity index (χ1v) is 12.0. The summed E-state index contributed by atoms with van der Waals surface area (Å²) in [5.41, 5.74) is 7.65. The van der Waals surface area contributed by atoms with Crippen molar-refractivity contribution in [1.29, 1.82) is 0 Å². The lowest BCUT2D eigenvalue weighted by molar-refractivity contribution is -0.152. The van der Waals surface area contributed by atoms with Gasteiger partial charge in [-0.15, -0.1) is 0 Å². The zero-order valence-corrected chi connectivity index (χ0v) is 19.1. The SMILES string of the molecule is CCCCCCCCCCC(C)C(=O)OCC1CCC(c2ccc3c(N)ncnn23)O1. The van der Waals surface area contributed by atoms with Gasteiger partial charge >= 0.3 is 5.97 Å². The summed E-state index contributed by atoms with van der Waals surface area (Å²) in [7, 11) is 0. The van der Waals surface area contributed by atoms with Crippen LogP contribution in [-0.2, 0) is 14.3 Å². The number of ether oxygens (including phenoxy) is 2. The standard InChI is InChI=1S/C24H38N4O3/c1-3-4-5-6-7-8-9-10-11-18(2)24(29)30-16-19-12-15-22(31-19)20-13-14-21-23(25)26-17-27-28(20)21/h13-14,17-19,22H,3-12,15-16H2,1-2H3,(H2,25,26,27). The molecule has 0 aromatic carbocycles. The minimum Gasteiger partial charge on any atom is -0.463 e. The predicted octanol–water partition coefficient (Wildman–Crippen LogP) is 5.24. The Morgan fingerprint density at radius 3 is 2.71 bits per heavy atom. The van der Waals surface area contributed by atoms with Gasteiger partial charge in [0.25, 0.3) is 0 Å². The molecule has 1 fully saturated rings. The van der Waals surface area contributed by atoms with Crippen molar-refractivity contribution in [3.8, 4) is 0 Å². The number of anilines is 1. The Balaban J connectivity index is 1.33. The maximum absolute atomic E-state index is 12.3. The van der Waals surface area contributed by atoms with Crippen molar-refractivity contribution in [2.75, 3.05) is 12.3 Å². The molecular weight excluding hydrogens is 392 g/mol. The summed E-state index contributed by atoms with van der Waals surface area (Å²) < 4.78 is 13.5. The molecule has 1 aliphatic rings. The second-order valence-corrected chi connectivity index (χ2v) is 8.82. The van der Waals surface area contributed by atoms with Gasteiger partial charge in [0.15, 0.2) is 5.82 Å². The van der Waals surface area contributed by atoms with Gasteiger partial charge in [-0.05, 0) is 31.4 Å². The summed E-state index contributed by atoms with van der Waals surface area (Å²) in [5.74, 6) is 0.297. The average Bonchev–Trinajstić information content (AvgIpc) is 3.41. The van der Waals surface area contributed by atoms with Crippen LogP contribution < -0.4 is 5.73 Å². The highest BCUT2D eigenvalue weighted by Crippen LogP contribution is 2.34. The Morgan fingerprint density at radius 2 is 1.94 bits per heavy atom. The number of carbonyl (C=O) groups excluding carboxylic acids is 1. The molecule has 0 aliphatic carbocycles. The average molecular weight is 431 g/mol. The van der Waals surface area contributed by atoms with Gasteiger partial charge in [0, 0.05) is 0 Å². The molecule has 1 saturated heterocycles. The van der Waals surface area contributed by atoms with Crippen LogP contribution in [-0.4, -0.2) is 33.3 Å². The van der Waals surface area contributed by atoms with Gasteiger partial charge in [0.05, 0.1) is 17.7 Å². The zero-order valence-electron chi connectivity index (χ0n) is 19.1. The third kappa shape index (κ3) is 6.66. The Hall–Kier alpha value is -2.15. The topological polar surface area (TPSA) is 91.7 Å². The third-order valence-electron chi connectivity index (χ3n) is 6.25. The Bertz CT molecular complexity index is 822. The molecule has 0 radical (unpaired) electrons. The van der Waals surface area contributed by atoms with E-state index in [-0.39, 0.29) is 24.1 Å². The Labute approximate surface area is 185 Å². The van der Waals surface area contributed by atoms with Crippen LogP contribution in [0.2, 0.25) is 0 Å². The van der Waals surface area contributed by atoms with Gasteiger partial charge in [0.2, 0.25) is 0 Å². The summed E-state index contributed by atoms with van der Waals surface area (Å²) in [4.78, 5) is 16.4. The number of hydrogen-bond acceptors (Lipinski definition) is 6. The highest BCUT2D eigenvalue weighted by atomic mass is 16.6. The zero-order chi connectivity index (χ0) is 22.1. The van der Waals surface area contributed by atoms with Gasteiger partial charge in [-0.25, -0.2) is 9.50 Å². The van der Waals surface area contributed by atoms with Crippen LogP contribution >= 0.6 is 0 Å². The number of nitrogens with two attached hydrogens (primary N) is 1. The maximum atomic E-state index is 12.3. The molecular formula is C24H38N4O3. The summed E-state index contributed by atoms with van der Waals surface area (Å²) in [5, 5.41) is 4.29. The van der Waals surface area contributed by atoms with Gasteiger partial charge < -0.3 is 15.2 Å². The van der Waals surface area contributed by atoms with Gasteiger partial charge in [-0.2, -0.15) is 5.10 Å². The highest BCUT2D eigenvalue weighted by molar-refractivity contribution is 5.71. The molecule has 3 atom stereocenters. The molecule has 0 saturated carbocycles. The summed E-state index contributed by atoms with van der Waals surface area (Å²) >= 11 is 0. The van der Waals surface area contributed by atoms with Crippen molar-refractivity contribution < 1.29 is 14.3 Å². The number of rotatable bonds is 13. The number of nitrogen functional groups attached to an aromatic ring is 1. The van der Waals surface area contributed by atoms with Crippen LogP contribution in [0.5, 0.6) is 0 Å². The first-order chi connectivity index (χ1) is 15.1. The van der Waals surface area contributed by atoms with E-state index in [4.69, 9.17) is 15.2 Å². The van der Waals surface area contributed by atoms with Gasteiger partial charge in [-0.1, -0.05) is 65.2 Å². The fourth-order valence-electron chi connectivity index (χ4n) is 4.28. The van der Waals surface area contributed by atoms with E-state index in [9.17, 15) is 4.79 Å². The van der Waals surface area contributed by atoms with Crippen molar-refractivity contribution in [3.63, 3.8) is 0 Å². The van der Waals surface area contributed by atoms with Crippen LogP contribution in [0.25, 0.3) is 5.52 Å². The predicted molar refractivity (Wildman–Crippen MR) is 122 cm³/mol. The largest absolute Gasteiger partial charge is 0.463 e. The van der Waals surface area contributed by atoms with E-state index in [0.29, 0.717) is 12.4 Å². The molecule has 0 spiro atoms. The van der Waals surface area contributed by atoms with Gasteiger partial charge in [-0.3, -0.25) is 4.79 Å². The summed E-state index contributed by atoms with van der Waals surface area (Å²) in [6.45, 7) is 4.53. The maximum Gasteiger partial charge on any atom is 0.308 e. The normalized spacial score (nSPS) is 19.7. The van der Waals surface area contributed by atoms with E-state index in [1.54, 1.807) is 4.52 Å². The second kappa shape index (κ2) is 12.0. The molecule has 172 valence electrons. The molecule has 7 heteroatoms. The number of nitrogens with zero attached hydrogens (tertiary/aromatic N) is 3. The third-order valence-corrected chi connectivity index (χ3v) is 6.25. The molecule has 0 amide bonds. The molecule has 2 aromatic heterocycles. The van der Waals surface area contributed by atoms with Crippen LogP contribution in [0.1, 0.15) is 96.3 Å². The molecule has 7 nitrogen and oxygen atoms in total. The van der Waals surface area contributed by atoms with Crippen molar-refractivity contribution in [1.82, 2.24) is 14.6 Å². The van der Waals surface area contributed by atoms with E-state index >= 15 is 0 Å². The Kier molecular flexibility index (Phi) is 9.13. The monoisotopic (exact) mass is 430 g/mol. The number of carbonyl (C=O) groups is 1. The summed E-state index contributed by atoms with van der Waals surface area (Å²) in [6.07, 6.45) is 14.1. The minimum atomic E-state index is -0.108. The van der Waals surface area contributed by atoms with Crippen molar-refractivity contribution in [2.24, 2.45) is 5.92 Å². The van der Waals surface area contributed by atoms with Crippen LogP contribution in [0.3, 0.4) is 0 Å². The number of unbranched alkanes of at least 4 members (excludes halogenated alkanes) is 7. The smallest absolute Gasteiger partial charge is 0.308 e. The molecule has 2 N–H and O–H groups in total. The molecule has 3 rings (SSSR count). The number of fused-ring (bicyclic) bond motifs is 1. The van der Waals surface area contributed by atoms with Crippen molar-refractivity contribution >= 4 is 17.3 Å². The van der Waals surface area contributed by atoms with E-state index in [0.717, 1.165) is 36.9 Å². The lowest BCUT2D eigenvalue weighted by Crippen LogP contribution is -2.22. The molecule has 1 aliphatic heterocycles. The Morgan fingerprint density at radius 1 is 1.19 bits per heavy atom. The minimum absolute atomic E-state index is 0.0495. The highest BCUT2D eigenvalue weighted by Gasteiger charge is 2.30. The van der Waals surface area contributed by atoms with E-state index in [1.165, 1.54) is 51.3 Å². The van der Waals surface area contributed by atoms with Crippen molar-refractivity contribution in [2.45, 2.75) is 96.7 Å². The van der Waals surface area contributed by atoms with E-state index < -0.39 is 0 Å². The number of esters is 1. The number of hydrogen-bond donors (Lipinski definition) is 1. The van der Waals surface area contributed by atoms with Crippen LogP contribution in [0, 0.1) is 5.92 Å². The fourth-order valence-corrected chi connectivity index (χ4v) is 4.28. The fraction of sp³-hybridized carbons (Fsp3) is 0.708. The number of aromatic nitrogens is 3. The lowest BCUT2D eigenvalue weighted by Gasteiger charge is -2.16. The lowest BCUT2D eigenvalue weighted by atomic mass is 10.0. The molecule has 3 unspecified atom stereocenters. The van der Waals surface area contributed by atoms with Crippen LogP contribution in [0.15, 0.2) is 18.5 Å². The van der Waals surface area contributed by atoms with E-state index in [2.05, 4.69) is 17.0 Å².